The summed E-state index contributed by atoms with van der Waals surface area (Å²) in [6.07, 6.45) is 0.460. The van der Waals surface area contributed by atoms with E-state index in [2.05, 4.69) is 5.32 Å². The van der Waals surface area contributed by atoms with Crippen LogP contribution in [0.5, 0.6) is 5.75 Å². The Labute approximate surface area is 185 Å². The summed E-state index contributed by atoms with van der Waals surface area (Å²) >= 11 is 12.0. The maximum atomic E-state index is 11.7. The summed E-state index contributed by atoms with van der Waals surface area (Å²) in [7, 11) is 0. The van der Waals surface area contributed by atoms with Gasteiger partial charge in [-0.05, 0) is 60.2 Å². The molecule has 0 aliphatic carbocycles. The van der Waals surface area contributed by atoms with Crippen molar-refractivity contribution in [1.29, 1.82) is 0 Å². The lowest BCUT2D eigenvalue weighted by molar-refractivity contribution is -0.142. The number of hydrogen-bond acceptors (Lipinski definition) is 4. The number of carbonyl (C=O) groups is 2. The molecule has 0 spiro atoms. The molecular weight excluding hydrogens is 429 g/mol. The number of carboxylic acid groups (broad SMARTS) is 2. The number of aliphatic carboxylic acids is 2. The predicted octanol–water partition coefficient (Wildman–Crippen LogP) is 4.66. The lowest BCUT2D eigenvalue weighted by Crippen LogP contribution is -2.48. The van der Waals surface area contributed by atoms with Gasteiger partial charge in [0.05, 0.1) is 0 Å². The Kier molecular flexibility index (Phi) is 8.96. The van der Waals surface area contributed by atoms with Crippen LogP contribution in [0.25, 0.3) is 0 Å². The second-order valence-electron chi connectivity index (χ2n) is 7.50. The molecule has 0 fully saturated rings. The molecule has 30 heavy (non-hydrogen) atoms. The van der Waals surface area contributed by atoms with E-state index in [1.54, 1.807) is 42.5 Å². The van der Waals surface area contributed by atoms with Crippen LogP contribution >= 0.6 is 23.2 Å². The van der Waals surface area contributed by atoms with Crippen molar-refractivity contribution in [3.05, 3.63) is 63.6 Å². The van der Waals surface area contributed by atoms with E-state index in [-0.39, 0.29) is 18.9 Å². The van der Waals surface area contributed by atoms with E-state index in [4.69, 9.17) is 27.9 Å². The Morgan fingerprint density at radius 1 is 0.967 bits per heavy atom. The van der Waals surface area contributed by atoms with Gasteiger partial charge in [0, 0.05) is 10.0 Å². The second kappa shape index (κ2) is 11.2. The van der Waals surface area contributed by atoms with Gasteiger partial charge >= 0.3 is 11.9 Å². The zero-order valence-electron chi connectivity index (χ0n) is 16.8. The van der Waals surface area contributed by atoms with Gasteiger partial charge in [-0.15, -0.1) is 0 Å². The van der Waals surface area contributed by atoms with E-state index < -0.39 is 24.0 Å². The van der Waals surface area contributed by atoms with E-state index in [1.165, 1.54) is 0 Å². The van der Waals surface area contributed by atoms with E-state index in [0.717, 1.165) is 5.56 Å². The number of halogens is 2. The van der Waals surface area contributed by atoms with Crippen molar-refractivity contribution in [2.45, 2.75) is 45.4 Å². The number of carboxylic acids is 2. The fourth-order valence-electron chi connectivity index (χ4n) is 3.03. The zero-order chi connectivity index (χ0) is 22.3. The number of rotatable bonds is 11. The van der Waals surface area contributed by atoms with Crippen molar-refractivity contribution >= 4 is 35.1 Å². The summed E-state index contributed by atoms with van der Waals surface area (Å²) < 4.78 is 5.78. The second-order valence-corrected chi connectivity index (χ2v) is 8.37. The molecule has 0 aliphatic rings. The molecule has 6 nitrogen and oxygen atoms in total. The highest BCUT2D eigenvalue weighted by Gasteiger charge is 2.26. The summed E-state index contributed by atoms with van der Waals surface area (Å²) in [5.74, 6) is -1.49. The summed E-state index contributed by atoms with van der Waals surface area (Å²) in [6, 6.07) is 10.2. The summed E-state index contributed by atoms with van der Waals surface area (Å²) in [5.41, 5.74) is 1.52. The normalized spacial score (nSPS) is 13.1. The molecule has 162 valence electrons. The quantitative estimate of drug-likeness (QED) is 0.457. The van der Waals surface area contributed by atoms with E-state index in [0.29, 0.717) is 27.8 Å². The van der Waals surface area contributed by atoms with Crippen LogP contribution < -0.4 is 10.1 Å². The monoisotopic (exact) mass is 453 g/mol. The van der Waals surface area contributed by atoms with Crippen LogP contribution in [0.1, 0.15) is 31.4 Å². The van der Waals surface area contributed by atoms with Gasteiger partial charge in [-0.25, -0.2) is 0 Å². The number of ether oxygens (including phenoxy) is 1. The maximum Gasteiger partial charge on any atom is 0.321 e. The van der Waals surface area contributed by atoms with Gasteiger partial charge in [0.15, 0.2) is 0 Å². The molecule has 0 radical (unpaired) electrons. The Morgan fingerprint density at radius 2 is 1.60 bits per heavy atom. The van der Waals surface area contributed by atoms with Gasteiger partial charge in [0.1, 0.15) is 24.4 Å². The molecule has 2 unspecified atom stereocenters. The minimum atomic E-state index is -1.11. The lowest BCUT2D eigenvalue weighted by atomic mass is 10.0. The average Bonchev–Trinajstić information content (AvgIpc) is 2.64. The number of nitrogens with one attached hydrogen (secondary N) is 1. The molecular formula is C22H25Cl2NO5. The SMILES string of the molecule is CC(C)CC(NC(Cc1cccc(OCc2cc(Cl)cc(Cl)c2)c1)C(=O)O)C(=O)O. The van der Waals surface area contributed by atoms with Crippen molar-refractivity contribution in [3.8, 4) is 5.75 Å². The fourth-order valence-corrected chi connectivity index (χ4v) is 3.60. The molecule has 0 amide bonds. The minimum absolute atomic E-state index is 0.116. The predicted molar refractivity (Wildman–Crippen MR) is 116 cm³/mol. The number of hydrogen-bond donors (Lipinski definition) is 3. The molecule has 0 saturated carbocycles. The first-order valence-corrected chi connectivity index (χ1v) is 10.3. The van der Waals surface area contributed by atoms with Crippen LogP contribution in [0, 0.1) is 5.92 Å². The highest BCUT2D eigenvalue weighted by Crippen LogP contribution is 2.22. The Bertz CT molecular complexity index is 867. The minimum Gasteiger partial charge on any atom is -0.489 e. The third-order valence-corrected chi connectivity index (χ3v) is 4.81. The molecule has 2 rings (SSSR count). The first-order valence-electron chi connectivity index (χ1n) is 9.52. The highest BCUT2D eigenvalue weighted by atomic mass is 35.5. The zero-order valence-corrected chi connectivity index (χ0v) is 18.3. The molecule has 2 atom stereocenters. The lowest BCUT2D eigenvalue weighted by Gasteiger charge is -2.22. The van der Waals surface area contributed by atoms with Crippen molar-refractivity contribution in [2.24, 2.45) is 5.92 Å². The van der Waals surface area contributed by atoms with Crippen molar-refractivity contribution in [1.82, 2.24) is 5.32 Å². The van der Waals surface area contributed by atoms with Gasteiger partial charge < -0.3 is 14.9 Å². The van der Waals surface area contributed by atoms with Gasteiger partial charge in [-0.3, -0.25) is 14.9 Å². The first kappa shape index (κ1) is 24.0. The highest BCUT2D eigenvalue weighted by molar-refractivity contribution is 6.34. The molecule has 3 N–H and O–H groups in total. The van der Waals surface area contributed by atoms with E-state index >= 15 is 0 Å². The van der Waals surface area contributed by atoms with Crippen LogP contribution in [-0.4, -0.2) is 34.2 Å². The molecule has 0 saturated heterocycles. The third-order valence-electron chi connectivity index (χ3n) is 4.37. The van der Waals surface area contributed by atoms with Crippen LogP contribution in [0.2, 0.25) is 10.0 Å². The third kappa shape index (κ3) is 7.86. The Balaban J connectivity index is 2.07. The summed E-state index contributed by atoms with van der Waals surface area (Å²) in [4.78, 5) is 23.2. The van der Waals surface area contributed by atoms with Crippen LogP contribution in [0.15, 0.2) is 42.5 Å². The average molecular weight is 454 g/mol. The van der Waals surface area contributed by atoms with Crippen LogP contribution in [0.4, 0.5) is 0 Å². The summed E-state index contributed by atoms with van der Waals surface area (Å²) in [6.45, 7) is 4.03. The first-order chi connectivity index (χ1) is 14.1. The topological polar surface area (TPSA) is 95.9 Å². The fraction of sp³-hybridized carbons (Fsp3) is 0.364. The van der Waals surface area contributed by atoms with Crippen LogP contribution in [0.3, 0.4) is 0 Å². The van der Waals surface area contributed by atoms with Gasteiger partial charge in [-0.2, -0.15) is 0 Å². The molecule has 2 aromatic carbocycles. The van der Waals surface area contributed by atoms with E-state index in [1.807, 2.05) is 13.8 Å². The van der Waals surface area contributed by atoms with Gasteiger partial charge in [0.25, 0.3) is 0 Å². The molecule has 8 heteroatoms. The van der Waals surface area contributed by atoms with Crippen molar-refractivity contribution in [3.63, 3.8) is 0 Å². The van der Waals surface area contributed by atoms with Crippen molar-refractivity contribution < 1.29 is 24.5 Å². The molecule has 0 aromatic heterocycles. The van der Waals surface area contributed by atoms with Gasteiger partial charge in [0.2, 0.25) is 0 Å². The van der Waals surface area contributed by atoms with Gasteiger partial charge in [-0.1, -0.05) is 49.2 Å². The standard InChI is InChI=1S/C22H25Cl2NO5/c1-13(2)6-19(21(26)27)25-20(22(28)29)10-14-4-3-5-18(9-14)30-12-15-7-16(23)11-17(24)8-15/h3-5,7-9,11,13,19-20,25H,6,10,12H2,1-2H3,(H,26,27)(H,28,29). The molecule has 0 bridgehead atoms. The molecule has 2 aromatic rings. The van der Waals surface area contributed by atoms with Crippen LogP contribution in [-0.2, 0) is 22.6 Å². The summed E-state index contributed by atoms with van der Waals surface area (Å²) in [5, 5.41) is 22.7. The Hall–Kier alpha value is -2.28. The van der Waals surface area contributed by atoms with Crippen molar-refractivity contribution in [2.75, 3.05) is 0 Å². The number of benzene rings is 2. The smallest absolute Gasteiger partial charge is 0.321 e. The largest absolute Gasteiger partial charge is 0.489 e. The van der Waals surface area contributed by atoms with E-state index in [9.17, 15) is 19.8 Å². The molecule has 0 aliphatic heterocycles. The maximum absolute atomic E-state index is 11.7. The molecule has 0 heterocycles. The Morgan fingerprint density at radius 3 is 2.17 bits per heavy atom.